The van der Waals surface area contributed by atoms with Crippen LogP contribution in [0.15, 0.2) is 48.5 Å². The Morgan fingerprint density at radius 3 is 1.78 bits per heavy atom. The molecule has 0 aliphatic carbocycles. The SMILES string of the molecule is C.Cc1ccccc1O.Cc1ccccc1OCCO.O=CO[O-].OCCBr.[2H]CF.[H-].[K+].[K+]. The molecule has 32 heavy (non-hydrogen) atoms. The van der Waals surface area contributed by atoms with Gasteiger partial charge in [0.25, 0.3) is 6.47 Å². The maximum Gasteiger partial charge on any atom is 1.00 e. The van der Waals surface area contributed by atoms with Crippen LogP contribution in [-0.2, 0) is 9.68 Å². The fraction of sp³-hybridized carbons (Fsp3) is 0.381. The Labute approximate surface area is 287 Å². The van der Waals surface area contributed by atoms with E-state index in [9.17, 15) is 4.39 Å². The van der Waals surface area contributed by atoms with Crippen molar-refractivity contribution in [3.8, 4) is 11.5 Å². The van der Waals surface area contributed by atoms with E-state index in [1.807, 2.05) is 56.3 Å². The van der Waals surface area contributed by atoms with Crippen molar-refractivity contribution in [2.75, 3.05) is 32.3 Å². The van der Waals surface area contributed by atoms with Crippen molar-refractivity contribution in [1.29, 1.82) is 0 Å². The summed E-state index contributed by atoms with van der Waals surface area (Å²) >= 11 is 3.00. The predicted octanol–water partition coefficient (Wildman–Crippen LogP) is -2.78. The summed E-state index contributed by atoms with van der Waals surface area (Å²) in [5, 5.41) is 34.4. The summed E-state index contributed by atoms with van der Waals surface area (Å²) < 4.78 is 20.7. The van der Waals surface area contributed by atoms with Crippen LogP contribution in [0, 0.1) is 13.8 Å². The number of benzene rings is 2. The zero-order valence-electron chi connectivity index (χ0n) is 20.5. The van der Waals surface area contributed by atoms with Gasteiger partial charge >= 0.3 is 103 Å². The number of phenols is 1. The minimum Gasteiger partial charge on any atom is -1.00 e. The molecule has 0 radical (unpaired) electrons. The van der Waals surface area contributed by atoms with Gasteiger partial charge in [-0.05, 0) is 37.1 Å². The number of ether oxygens (including phenoxy) is 1. The molecule has 0 aliphatic heterocycles. The van der Waals surface area contributed by atoms with Gasteiger partial charge in [0.05, 0.1) is 21.7 Å². The first kappa shape index (κ1) is 43.2. The number of alkyl halides is 2. The topological polar surface area (TPSA) is 119 Å². The van der Waals surface area contributed by atoms with Crippen molar-refractivity contribution in [3.63, 3.8) is 0 Å². The van der Waals surface area contributed by atoms with E-state index in [2.05, 4.69) is 20.8 Å². The summed E-state index contributed by atoms with van der Waals surface area (Å²) in [6.07, 6.45) is 0. The molecule has 2 aromatic carbocycles. The van der Waals surface area contributed by atoms with Crippen molar-refractivity contribution in [2.45, 2.75) is 21.3 Å². The summed E-state index contributed by atoms with van der Waals surface area (Å²) in [4.78, 5) is 11.2. The maximum absolute atomic E-state index is 9.96. The van der Waals surface area contributed by atoms with Crippen LogP contribution in [0.2, 0.25) is 0 Å². The van der Waals surface area contributed by atoms with Crippen molar-refractivity contribution in [1.82, 2.24) is 0 Å². The number of hydrogen-bond acceptors (Lipinski definition) is 7. The van der Waals surface area contributed by atoms with Gasteiger partial charge in [-0.25, -0.2) is 0 Å². The largest absolute Gasteiger partial charge is 1.00 e. The molecule has 0 spiro atoms. The van der Waals surface area contributed by atoms with Crippen molar-refractivity contribution in [3.05, 3.63) is 59.7 Å². The number of carbonyl (C=O) groups excluding carboxylic acids is 1. The second-order valence-electron chi connectivity index (χ2n) is 4.73. The molecule has 0 unspecified atom stereocenters. The van der Waals surface area contributed by atoms with E-state index in [0.717, 1.165) is 16.9 Å². The molecule has 2 rings (SSSR count). The molecular formula is C21H34BrFK2O7. The number of para-hydroxylation sites is 2. The van der Waals surface area contributed by atoms with E-state index in [1.165, 1.54) is 0 Å². The Morgan fingerprint density at radius 1 is 1.09 bits per heavy atom. The van der Waals surface area contributed by atoms with Gasteiger partial charge in [-0.1, -0.05) is 59.8 Å². The number of carbonyl (C=O) groups is 1. The van der Waals surface area contributed by atoms with Crippen LogP contribution in [0.25, 0.3) is 0 Å². The number of hydrogen-bond donors (Lipinski definition) is 3. The van der Waals surface area contributed by atoms with Crippen LogP contribution in [-0.4, -0.2) is 54.1 Å². The van der Waals surface area contributed by atoms with Crippen LogP contribution in [0.1, 0.15) is 21.4 Å². The first-order valence-corrected chi connectivity index (χ1v) is 9.30. The number of aliphatic hydroxyl groups is 2. The zero-order valence-corrected chi connectivity index (χ0v) is 26.3. The Morgan fingerprint density at radius 2 is 1.50 bits per heavy atom. The van der Waals surface area contributed by atoms with Crippen LogP contribution in [0.5, 0.6) is 11.5 Å². The van der Waals surface area contributed by atoms with E-state index < -0.39 is 7.15 Å². The maximum atomic E-state index is 9.96. The third-order valence-electron chi connectivity index (χ3n) is 2.68. The molecule has 0 atom stereocenters. The van der Waals surface area contributed by atoms with Crippen molar-refractivity contribution >= 4 is 22.4 Å². The monoisotopic (exact) mass is 575 g/mol. The Kier molecular flexibility index (Phi) is 53.0. The Balaban J connectivity index is -0.0000000567. The summed E-state index contributed by atoms with van der Waals surface area (Å²) in [5.74, 6) is 1.22. The quantitative estimate of drug-likeness (QED) is 0.116. The van der Waals surface area contributed by atoms with Gasteiger partial charge in [-0.15, -0.1) is 0 Å². The standard InChI is InChI=1S/C9H12O2.C7H8O.C2H5BrO.CH3F.CH2O3.CH4.2K.H/c1-8-4-2-3-5-9(8)11-7-6-10;1-6-4-2-3-5-7(6)8;3-1-2-4;1-2;2-1-4-3;;;;/h2-5,10H,6-7H2,1H3;2-5,8H,1H3;4H,1-2H2;1H3;1,3H;1H4;;;/q;;;;;;2*+1;-1/p-1/i;;;1D;;;;;. The molecule has 0 bridgehead atoms. The van der Waals surface area contributed by atoms with E-state index in [1.54, 1.807) is 6.07 Å². The van der Waals surface area contributed by atoms with E-state index in [-0.39, 0.29) is 131 Å². The molecule has 176 valence electrons. The van der Waals surface area contributed by atoms with E-state index >= 15 is 0 Å². The van der Waals surface area contributed by atoms with Crippen LogP contribution < -0.4 is 113 Å². The number of phenolic OH excluding ortho intramolecular Hbond substituents is 1. The normalized spacial score (nSPS) is 7.78. The van der Waals surface area contributed by atoms with Gasteiger partial charge in [0.15, 0.2) is 0 Å². The summed E-state index contributed by atoms with van der Waals surface area (Å²) in [7, 11) is -1.00. The molecule has 0 aliphatic rings. The molecule has 7 nitrogen and oxygen atoms in total. The fourth-order valence-corrected chi connectivity index (χ4v) is 1.44. The van der Waals surface area contributed by atoms with Crippen LogP contribution >= 0.6 is 15.9 Å². The average Bonchev–Trinajstić information content (AvgIpc) is 2.76. The molecule has 0 saturated heterocycles. The molecule has 0 heterocycles. The Hall–Kier alpha value is 1.07. The van der Waals surface area contributed by atoms with Crippen LogP contribution in [0.4, 0.5) is 4.39 Å². The number of aryl methyl sites for hydroxylation is 2. The van der Waals surface area contributed by atoms with Gasteiger partial charge in [0.1, 0.15) is 18.1 Å². The molecular weight excluding hydrogens is 541 g/mol. The Bertz CT molecular complexity index is 614. The fourth-order valence-electron chi connectivity index (χ4n) is 1.44. The van der Waals surface area contributed by atoms with Gasteiger partial charge in [-0.2, -0.15) is 0 Å². The summed E-state index contributed by atoms with van der Waals surface area (Å²) in [6.45, 7) is 4.33. The smallest absolute Gasteiger partial charge is 1.00 e. The molecule has 0 saturated carbocycles. The molecule has 2 aromatic rings. The third kappa shape index (κ3) is 33.2. The summed E-state index contributed by atoms with van der Waals surface area (Å²) in [6, 6.07) is 15.0. The summed E-state index contributed by atoms with van der Waals surface area (Å²) in [5.41, 5.74) is 2.02. The minimum absolute atomic E-state index is 0. The number of halogens is 2. The van der Waals surface area contributed by atoms with Gasteiger partial charge < -0.3 is 31.6 Å². The first-order chi connectivity index (χ1) is 14.4. The number of rotatable bonds is 5. The van der Waals surface area contributed by atoms with Gasteiger partial charge in [-0.3, -0.25) is 9.18 Å². The van der Waals surface area contributed by atoms with Gasteiger partial charge in [0, 0.05) is 5.33 Å². The average molecular weight is 577 g/mol. The van der Waals surface area contributed by atoms with Crippen LogP contribution in [0.3, 0.4) is 0 Å². The molecule has 11 heteroatoms. The third-order valence-corrected chi connectivity index (χ3v) is 3.04. The second kappa shape index (κ2) is 39.3. The minimum atomic E-state index is -1.00. The van der Waals surface area contributed by atoms with E-state index in [4.69, 9.17) is 31.5 Å². The second-order valence-corrected chi connectivity index (χ2v) is 5.52. The molecule has 3 N–H and O–H groups in total. The molecule has 0 amide bonds. The van der Waals surface area contributed by atoms with Gasteiger partial charge in [0.2, 0.25) is 0 Å². The molecule has 0 fully saturated rings. The molecule has 0 aromatic heterocycles. The van der Waals surface area contributed by atoms with E-state index in [0.29, 0.717) is 17.7 Å². The zero-order chi connectivity index (χ0) is 23.6. The first-order valence-electron chi connectivity index (χ1n) is 8.88. The number of aliphatic hydroxyl groups excluding tert-OH is 2. The number of aromatic hydroxyl groups is 1. The predicted molar refractivity (Wildman–Crippen MR) is 120 cm³/mol. The van der Waals surface area contributed by atoms with Crippen molar-refractivity contribution in [2.24, 2.45) is 0 Å². The van der Waals surface area contributed by atoms with Crippen molar-refractivity contribution < 1.29 is 145 Å².